The highest BCUT2D eigenvalue weighted by Crippen LogP contribution is 2.30. The van der Waals surface area contributed by atoms with Crippen molar-refractivity contribution >= 4 is 23.2 Å². The van der Waals surface area contributed by atoms with Crippen LogP contribution in [0, 0.1) is 5.92 Å². The van der Waals surface area contributed by atoms with E-state index in [2.05, 4.69) is 18.7 Å². The molecular formula is C23H29ClN2O3. The van der Waals surface area contributed by atoms with Crippen LogP contribution < -0.4 is 14.4 Å². The fourth-order valence-electron chi connectivity index (χ4n) is 3.31. The molecule has 2 aromatic carbocycles. The van der Waals surface area contributed by atoms with Gasteiger partial charge in [-0.2, -0.15) is 0 Å². The Labute approximate surface area is 178 Å². The normalized spacial score (nSPS) is 14.2. The number of carbonyl (C=O) groups is 1. The van der Waals surface area contributed by atoms with E-state index in [-0.39, 0.29) is 5.91 Å². The van der Waals surface area contributed by atoms with Crippen molar-refractivity contribution in [3.63, 3.8) is 0 Å². The molecule has 0 spiro atoms. The highest BCUT2D eigenvalue weighted by atomic mass is 35.5. The Morgan fingerprint density at radius 3 is 2.45 bits per heavy atom. The lowest BCUT2D eigenvalue weighted by atomic mass is 10.1. The molecule has 0 atom stereocenters. The first kappa shape index (κ1) is 21.3. The second kappa shape index (κ2) is 9.88. The van der Waals surface area contributed by atoms with E-state index in [9.17, 15) is 4.79 Å². The maximum absolute atomic E-state index is 13.0. The number of piperazine rings is 1. The minimum Gasteiger partial charge on any atom is -0.490 e. The minimum absolute atomic E-state index is 0.0205. The quantitative estimate of drug-likeness (QED) is 0.654. The zero-order chi connectivity index (χ0) is 20.8. The highest BCUT2D eigenvalue weighted by molar-refractivity contribution is 6.30. The van der Waals surface area contributed by atoms with Crippen LogP contribution in [0.25, 0.3) is 0 Å². The van der Waals surface area contributed by atoms with Gasteiger partial charge in [0.25, 0.3) is 5.91 Å². The molecule has 1 aliphatic rings. The Hall–Kier alpha value is -2.40. The summed E-state index contributed by atoms with van der Waals surface area (Å²) in [6.45, 7) is 10.1. The van der Waals surface area contributed by atoms with Crippen LogP contribution in [0.1, 0.15) is 31.1 Å². The Balaban J connectivity index is 1.66. The number of benzene rings is 2. The van der Waals surface area contributed by atoms with Crippen molar-refractivity contribution in [1.82, 2.24) is 4.90 Å². The molecule has 2 aromatic rings. The Morgan fingerprint density at radius 2 is 1.79 bits per heavy atom. The standard InChI is InChI=1S/C23H29ClN2O3/c1-4-28-22-14-18(8-9-21(22)29-16-17(2)3)23(27)26-12-10-25(11-13-26)20-7-5-6-19(24)15-20/h5-9,14-15,17H,4,10-13,16H2,1-3H3. The molecule has 1 fully saturated rings. The fourth-order valence-corrected chi connectivity index (χ4v) is 3.49. The summed E-state index contributed by atoms with van der Waals surface area (Å²) in [6.07, 6.45) is 0. The van der Waals surface area contributed by atoms with E-state index in [1.807, 2.05) is 48.2 Å². The molecule has 0 saturated carbocycles. The van der Waals surface area contributed by atoms with Crippen LogP contribution in [0.2, 0.25) is 5.02 Å². The van der Waals surface area contributed by atoms with Crippen LogP contribution in [0.15, 0.2) is 42.5 Å². The second-order valence-corrected chi connectivity index (χ2v) is 7.99. The Bertz CT molecular complexity index is 833. The van der Waals surface area contributed by atoms with E-state index < -0.39 is 0 Å². The van der Waals surface area contributed by atoms with Crippen LogP contribution in [0.5, 0.6) is 11.5 Å². The highest BCUT2D eigenvalue weighted by Gasteiger charge is 2.23. The molecule has 0 N–H and O–H groups in total. The molecule has 156 valence electrons. The lowest BCUT2D eigenvalue weighted by Gasteiger charge is -2.36. The van der Waals surface area contributed by atoms with Crippen molar-refractivity contribution in [2.75, 3.05) is 44.3 Å². The van der Waals surface area contributed by atoms with Gasteiger partial charge in [-0.25, -0.2) is 0 Å². The number of carbonyl (C=O) groups excluding carboxylic acids is 1. The number of hydrogen-bond acceptors (Lipinski definition) is 4. The molecular weight excluding hydrogens is 388 g/mol. The average Bonchev–Trinajstić information content (AvgIpc) is 2.72. The van der Waals surface area contributed by atoms with E-state index in [0.717, 1.165) is 23.8 Å². The van der Waals surface area contributed by atoms with Gasteiger partial charge in [0.15, 0.2) is 11.5 Å². The maximum Gasteiger partial charge on any atom is 0.254 e. The molecule has 0 unspecified atom stereocenters. The SMILES string of the molecule is CCOc1cc(C(=O)N2CCN(c3cccc(Cl)c3)CC2)ccc1OCC(C)C. The molecule has 1 aliphatic heterocycles. The van der Waals surface area contributed by atoms with Crippen LogP contribution in [0.3, 0.4) is 0 Å². The monoisotopic (exact) mass is 416 g/mol. The summed E-state index contributed by atoms with van der Waals surface area (Å²) < 4.78 is 11.6. The van der Waals surface area contributed by atoms with Crippen LogP contribution >= 0.6 is 11.6 Å². The number of ether oxygens (including phenoxy) is 2. The summed E-state index contributed by atoms with van der Waals surface area (Å²) in [6, 6.07) is 13.3. The van der Waals surface area contributed by atoms with E-state index in [1.165, 1.54) is 0 Å². The molecule has 6 heteroatoms. The van der Waals surface area contributed by atoms with Gasteiger partial charge in [0.1, 0.15) is 0 Å². The molecule has 5 nitrogen and oxygen atoms in total. The van der Waals surface area contributed by atoms with E-state index in [0.29, 0.717) is 49.3 Å². The summed E-state index contributed by atoms with van der Waals surface area (Å²) in [5.74, 6) is 1.74. The van der Waals surface area contributed by atoms with Crippen molar-refractivity contribution in [1.29, 1.82) is 0 Å². The number of nitrogens with zero attached hydrogens (tertiary/aromatic N) is 2. The van der Waals surface area contributed by atoms with Crippen LogP contribution in [-0.2, 0) is 0 Å². The lowest BCUT2D eigenvalue weighted by Crippen LogP contribution is -2.48. The van der Waals surface area contributed by atoms with Gasteiger partial charge in [0, 0.05) is 42.5 Å². The van der Waals surface area contributed by atoms with Gasteiger partial charge in [0.05, 0.1) is 13.2 Å². The van der Waals surface area contributed by atoms with E-state index in [1.54, 1.807) is 6.07 Å². The fraction of sp³-hybridized carbons (Fsp3) is 0.435. The van der Waals surface area contributed by atoms with Crippen LogP contribution in [-0.4, -0.2) is 50.2 Å². The van der Waals surface area contributed by atoms with Gasteiger partial charge in [-0.15, -0.1) is 0 Å². The van der Waals surface area contributed by atoms with Crippen molar-refractivity contribution in [2.24, 2.45) is 5.92 Å². The number of rotatable bonds is 7. The average molecular weight is 417 g/mol. The van der Waals surface area contributed by atoms with Crippen molar-refractivity contribution in [2.45, 2.75) is 20.8 Å². The van der Waals surface area contributed by atoms with Gasteiger partial charge >= 0.3 is 0 Å². The minimum atomic E-state index is 0.0205. The summed E-state index contributed by atoms with van der Waals surface area (Å²) in [5, 5.41) is 0.726. The van der Waals surface area contributed by atoms with Gasteiger partial charge in [-0.3, -0.25) is 4.79 Å². The predicted molar refractivity (Wildman–Crippen MR) is 118 cm³/mol. The van der Waals surface area contributed by atoms with Gasteiger partial charge in [-0.05, 0) is 49.2 Å². The van der Waals surface area contributed by atoms with E-state index in [4.69, 9.17) is 21.1 Å². The number of hydrogen-bond donors (Lipinski definition) is 0. The Kier molecular flexibility index (Phi) is 7.26. The Morgan fingerprint density at radius 1 is 1.03 bits per heavy atom. The second-order valence-electron chi connectivity index (χ2n) is 7.56. The molecule has 1 amide bonds. The number of amides is 1. The van der Waals surface area contributed by atoms with Crippen molar-refractivity contribution in [3.8, 4) is 11.5 Å². The van der Waals surface area contributed by atoms with Crippen molar-refractivity contribution in [3.05, 3.63) is 53.1 Å². The number of halogens is 1. The van der Waals surface area contributed by atoms with Gasteiger partial charge < -0.3 is 19.3 Å². The van der Waals surface area contributed by atoms with Crippen LogP contribution in [0.4, 0.5) is 5.69 Å². The summed E-state index contributed by atoms with van der Waals surface area (Å²) in [5.41, 5.74) is 1.72. The number of anilines is 1. The third-order valence-corrected chi connectivity index (χ3v) is 5.04. The summed E-state index contributed by atoms with van der Waals surface area (Å²) >= 11 is 6.10. The summed E-state index contributed by atoms with van der Waals surface area (Å²) in [7, 11) is 0. The van der Waals surface area contributed by atoms with Gasteiger partial charge in [0.2, 0.25) is 0 Å². The molecule has 29 heavy (non-hydrogen) atoms. The molecule has 0 bridgehead atoms. The summed E-state index contributed by atoms with van der Waals surface area (Å²) in [4.78, 5) is 17.2. The zero-order valence-corrected chi connectivity index (χ0v) is 18.1. The smallest absolute Gasteiger partial charge is 0.254 e. The maximum atomic E-state index is 13.0. The molecule has 0 aliphatic carbocycles. The molecule has 1 heterocycles. The largest absolute Gasteiger partial charge is 0.490 e. The molecule has 0 radical (unpaired) electrons. The third kappa shape index (κ3) is 5.57. The molecule has 3 rings (SSSR count). The topological polar surface area (TPSA) is 42.0 Å². The molecule has 0 aromatic heterocycles. The van der Waals surface area contributed by atoms with Crippen molar-refractivity contribution < 1.29 is 14.3 Å². The first-order valence-electron chi connectivity index (χ1n) is 10.2. The van der Waals surface area contributed by atoms with Gasteiger partial charge in [-0.1, -0.05) is 31.5 Å². The predicted octanol–water partition coefficient (Wildman–Crippen LogP) is 4.74. The lowest BCUT2D eigenvalue weighted by molar-refractivity contribution is 0.0746. The third-order valence-electron chi connectivity index (χ3n) is 4.80. The van der Waals surface area contributed by atoms with E-state index >= 15 is 0 Å². The molecule has 1 saturated heterocycles. The zero-order valence-electron chi connectivity index (χ0n) is 17.4. The first-order valence-corrected chi connectivity index (χ1v) is 10.5. The first-order chi connectivity index (χ1) is 14.0.